The highest BCUT2D eigenvalue weighted by molar-refractivity contribution is 7.99. The largest absolute Gasteiger partial charge is 0.378 e. The van der Waals surface area contributed by atoms with E-state index in [1.807, 2.05) is 0 Å². The number of aromatic nitrogens is 3. The van der Waals surface area contributed by atoms with Crippen LogP contribution in [0.3, 0.4) is 0 Å². The number of thioether (sulfide) groups is 1. The maximum atomic E-state index is 6.02. The molecule has 1 saturated heterocycles. The summed E-state index contributed by atoms with van der Waals surface area (Å²) in [4.78, 5) is 17.4. The number of nitrogens with zero attached hydrogens (tertiary/aromatic N) is 5. The van der Waals surface area contributed by atoms with E-state index in [1.54, 1.807) is 11.8 Å². The van der Waals surface area contributed by atoms with Gasteiger partial charge in [-0.2, -0.15) is 15.0 Å². The fourth-order valence-electron chi connectivity index (χ4n) is 2.10. The Bertz CT molecular complexity index is 441. The van der Waals surface area contributed by atoms with Crippen LogP contribution in [0.15, 0.2) is 5.16 Å². The molecule has 1 fully saturated rings. The van der Waals surface area contributed by atoms with Crippen molar-refractivity contribution in [2.24, 2.45) is 0 Å². The third-order valence-corrected chi connectivity index (χ3v) is 4.40. The number of ether oxygens (including phenoxy) is 1. The molecule has 0 amide bonds. The Morgan fingerprint density at radius 3 is 2.57 bits per heavy atom. The summed E-state index contributed by atoms with van der Waals surface area (Å²) in [6.45, 7) is 10.5. The van der Waals surface area contributed by atoms with Gasteiger partial charge in [0.2, 0.25) is 11.2 Å². The standard InChI is InChI=1S/C13H22ClN5OS/c1-3-18(4-2)7-10-21-13-16-11(14)15-12(17-13)19-5-8-20-9-6-19/h3-10H2,1-2H3. The average molecular weight is 332 g/mol. The summed E-state index contributed by atoms with van der Waals surface area (Å²) >= 11 is 7.65. The van der Waals surface area contributed by atoms with E-state index >= 15 is 0 Å². The van der Waals surface area contributed by atoms with E-state index in [-0.39, 0.29) is 5.28 Å². The van der Waals surface area contributed by atoms with E-state index in [9.17, 15) is 0 Å². The Morgan fingerprint density at radius 2 is 1.90 bits per heavy atom. The second-order valence-corrected chi connectivity index (χ2v) is 6.06. The number of hydrogen-bond acceptors (Lipinski definition) is 7. The first-order valence-corrected chi connectivity index (χ1v) is 8.68. The van der Waals surface area contributed by atoms with Crippen molar-refractivity contribution >= 4 is 29.3 Å². The van der Waals surface area contributed by atoms with Crippen molar-refractivity contribution in [1.29, 1.82) is 0 Å². The summed E-state index contributed by atoms with van der Waals surface area (Å²) in [6.07, 6.45) is 0. The van der Waals surface area contributed by atoms with Crippen LogP contribution in [-0.2, 0) is 4.74 Å². The van der Waals surface area contributed by atoms with Crippen LogP contribution in [0, 0.1) is 0 Å². The molecule has 0 aromatic carbocycles. The number of morpholine rings is 1. The minimum atomic E-state index is 0.261. The van der Waals surface area contributed by atoms with Crippen molar-refractivity contribution in [3.05, 3.63) is 5.28 Å². The lowest BCUT2D eigenvalue weighted by Gasteiger charge is -2.26. The first-order chi connectivity index (χ1) is 10.2. The molecule has 1 aromatic heterocycles. The second kappa shape index (κ2) is 8.73. The first-order valence-electron chi connectivity index (χ1n) is 7.32. The van der Waals surface area contributed by atoms with Crippen molar-refractivity contribution in [2.75, 3.05) is 56.6 Å². The van der Waals surface area contributed by atoms with E-state index in [4.69, 9.17) is 16.3 Å². The van der Waals surface area contributed by atoms with Crippen LogP contribution in [0.1, 0.15) is 13.8 Å². The lowest BCUT2D eigenvalue weighted by molar-refractivity contribution is 0.122. The fraction of sp³-hybridized carbons (Fsp3) is 0.769. The molecule has 2 rings (SSSR count). The lowest BCUT2D eigenvalue weighted by atomic mass is 10.4. The molecule has 0 N–H and O–H groups in total. The van der Waals surface area contributed by atoms with Crippen LogP contribution in [0.4, 0.5) is 5.95 Å². The molecule has 1 aromatic rings. The van der Waals surface area contributed by atoms with E-state index < -0.39 is 0 Å². The fourth-order valence-corrected chi connectivity index (χ4v) is 3.13. The molecule has 1 aliphatic heterocycles. The number of rotatable bonds is 7. The van der Waals surface area contributed by atoms with Gasteiger partial charge < -0.3 is 14.5 Å². The van der Waals surface area contributed by atoms with E-state index in [0.29, 0.717) is 24.3 Å². The lowest BCUT2D eigenvalue weighted by Crippen LogP contribution is -2.37. The van der Waals surface area contributed by atoms with Gasteiger partial charge >= 0.3 is 0 Å². The van der Waals surface area contributed by atoms with Gasteiger partial charge in [-0.15, -0.1) is 0 Å². The molecule has 0 atom stereocenters. The molecule has 8 heteroatoms. The number of hydrogen-bond donors (Lipinski definition) is 0. The van der Waals surface area contributed by atoms with Crippen LogP contribution in [0.5, 0.6) is 0 Å². The van der Waals surface area contributed by atoms with E-state index in [1.165, 1.54) is 0 Å². The Hall–Kier alpha value is -0.630. The van der Waals surface area contributed by atoms with Gasteiger partial charge in [-0.25, -0.2) is 0 Å². The average Bonchev–Trinajstić information content (AvgIpc) is 2.52. The quantitative estimate of drug-likeness (QED) is 0.706. The summed E-state index contributed by atoms with van der Waals surface area (Å²) in [7, 11) is 0. The highest BCUT2D eigenvalue weighted by Gasteiger charge is 2.16. The third kappa shape index (κ3) is 5.25. The zero-order valence-electron chi connectivity index (χ0n) is 12.6. The molecule has 0 aliphatic carbocycles. The minimum Gasteiger partial charge on any atom is -0.378 e. The Morgan fingerprint density at radius 1 is 1.19 bits per heavy atom. The summed E-state index contributed by atoms with van der Waals surface area (Å²) < 4.78 is 5.34. The van der Waals surface area contributed by atoms with Gasteiger partial charge in [0.1, 0.15) is 0 Å². The maximum Gasteiger partial charge on any atom is 0.230 e. The summed E-state index contributed by atoms with van der Waals surface area (Å²) in [5, 5.41) is 0.959. The van der Waals surface area contributed by atoms with Crippen molar-refractivity contribution in [3.63, 3.8) is 0 Å². The van der Waals surface area contributed by atoms with Crippen LogP contribution in [0.25, 0.3) is 0 Å². The minimum absolute atomic E-state index is 0.261. The van der Waals surface area contributed by atoms with Crippen molar-refractivity contribution in [3.8, 4) is 0 Å². The molecule has 0 radical (unpaired) electrons. The SMILES string of the molecule is CCN(CC)CCSc1nc(Cl)nc(N2CCOCC2)n1. The highest BCUT2D eigenvalue weighted by Crippen LogP contribution is 2.19. The van der Waals surface area contributed by atoms with Crippen molar-refractivity contribution < 1.29 is 4.74 Å². The first kappa shape index (κ1) is 16.7. The van der Waals surface area contributed by atoms with Crippen LogP contribution < -0.4 is 4.90 Å². The Balaban J connectivity index is 1.94. The maximum absolute atomic E-state index is 6.02. The topological polar surface area (TPSA) is 54.4 Å². The Labute approximate surface area is 135 Å². The summed E-state index contributed by atoms with van der Waals surface area (Å²) in [5.41, 5.74) is 0. The third-order valence-electron chi connectivity index (χ3n) is 3.40. The predicted octanol–water partition coefficient (Wildman–Crippen LogP) is 1.80. The molecule has 1 aliphatic rings. The van der Waals surface area contributed by atoms with Crippen LogP contribution in [0.2, 0.25) is 5.28 Å². The van der Waals surface area contributed by atoms with Gasteiger partial charge in [0.25, 0.3) is 0 Å². The molecule has 6 nitrogen and oxygen atoms in total. The smallest absolute Gasteiger partial charge is 0.230 e. The predicted molar refractivity (Wildman–Crippen MR) is 86.4 cm³/mol. The van der Waals surface area contributed by atoms with Crippen LogP contribution in [-0.4, -0.2) is 71.5 Å². The number of halogens is 1. The van der Waals surface area contributed by atoms with Crippen molar-refractivity contribution in [2.45, 2.75) is 19.0 Å². The van der Waals surface area contributed by atoms with Gasteiger partial charge in [-0.05, 0) is 24.7 Å². The van der Waals surface area contributed by atoms with Gasteiger partial charge in [0, 0.05) is 25.4 Å². The van der Waals surface area contributed by atoms with Crippen LogP contribution >= 0.6 is 23.4 Å². The summed E-state index contributed by atoms with van der Waals surface area (Å²) in [6, 6.07) is 0. The normalized spacial score (nSPS) is 15.7. The molecule has 0 unspecified atom stereocenters. The Kier molecular flexibility index (Phi) is 6.95. The van der Waals surface area contributed by atoms with Gasteiger partial charge in [-0.3, -0.25) is 0 Å². The zero-order valence-corrected chi connectivity index (χ0v) is 14.2. The molecule has 2 heterocycles. The molecular weight excluding hydrogens is 310 g/mol. The second-order valence-electron chi connectivity index (χ2n) is 4.66. The highest BCUT2D eigenvalue weighted by atomic mass is 35.5. The summed E-state index contributed by atoms with van der Waals surface area (Å²) in [5.74, 6) is 1.61. The molecule has 21 heavy (non-hydrogen) atoms. The molecule has 0 spiro atoms. The molecule has 118 valence electrons. The van der Waals surface area contributed by atoms with Gasteiger partial charge in [0.15, 0.2) is 5.16 Å². The van der Waals surface area contributed by atoms with Gasteiger partial charge in [-0.1, -0.05) is 25.6 Å². The molecule has 0 saturated carbocycles. The van der Waals surface area contributed by atoms with E-state index in [0.717, 1.165) is 38.5 Å². The van der Waals surface area contributed by atoms with E-state index in [2.05, 4.69) is 38.6 Å². The molecular formula is C13H22ClN5OS. The number of anilines is 1. The van der Waals surface area contributed by atoms with Gasteiger partial charge in [0.05, 0.1) is 13.2 Å². The molecule has 0 bridgehead atoms. The van der Waals surface area contributed by atoms with Crippen molar-refractivity contribution in [1.82, 2.24) is 19.9 Å². The monoisotopic (exact) mass is 331 g/mol. The zero-order chi connectivity index (χ0) is 15.1.